The van der Waals surface area contributed by atoms with Crippen molar-refractivity contribution < 1.29 is 14.3 Å². The van der Waals surface area contributed by atoms with E-state index < -0.39 is 9.16 Å². The summed E-state index contributed by atoms with van der Waals surface area (Å²) >= 11 is 6.37. The first kappa shape index (κ1) is 51.3. The quantitative estimate of drug-likeness (QED) is 0.0339. The van der Waals surface area contributed by atoms with Crippen molar-refractivity contribution in [2.45, 2.75) is 144 Å². The molecular formula is C55H88ClNO3S. The van der Waals surface area contributed by atoms with Crippen molar-refractivity contribution in [2.24, 2.45) is 33.0 Å². The number of carbonyl (C=O) groups is 1. The third-order valence-electron chi connectivity index (χ3n) is 16.4. The average molecular weight is 879 g/mol. The number of halogens is 1. The van der Waals surface area contributed by atoms with Crippen molar-refractivity contribution in [3.8, 4) is 0 Å². The topological polar surface area (TPSA) is 38.8 Å². The average Bonchev–Trinajstić information content (AvgIpc) is 3.91. The minimum atomic E-state index is -2.56. The smallest absolute Gasteiger partial charge is 0.309 e. The summed E-state index contributed by atoms with van der Waals surface area (Å²) in [4.78, 5) is 17.1. The Balaban J connectivity index is 1.89. The van der Waals surface area contributed by atoms with Crippen LogP contribution in [0.15, 0.2) is 78.9 Å². The van der Waals surface area contributed by atoms with Crippen molar-refractivity contribution in [1.29, 1.82) is 0 Å². The molecule has 0 aliphatic carbocycles. The van der Waals surface area contributed by atoms with E-state index in [2.05, 4.69) is 187 Å². The molecule has 1 fully saturated rings. The Bertz CT molecular complexity index is 1840. The van der Waals surface area contributed by atoms with E-state index in [0.29, 0.717) is 23.0 Å². The predicted molar refractivity (Wildman–Crippen MR) is 269 cm³/mol. The summed E-state index contributed by atoms with van der Waals surface area (Å²) in [5, 5.41) is 0.791. The van der Waals surface area contributed by atoms with Crippen molar-refractivity contribution in [2.75, 3.05) is 52.2 Å². The fourth-order valence-corrected chi connectivity index (χ4v) is 19.8. The Morgan fingerprint density at radius 2 is 1.28 bits per heavy atom. The molecule has 0 radical (unpaired) electrons. The highest BCUT2D eigenvalue weighted by molar-refractivity contribution is 8.54. The second-order valence-electron chi connectivity index (χ2n) is 23.3. The first-order valence-electron chi connectivity index (χ1n) is 23.4. The second-order valence-corrected chi connectivity index (χ2v) is 30.1. The molecule has 0 N–H and O–H groups in total. The molecule has 3 aromatic rings. The Morgan fingerprint density at radius 3 is 1.75 bits per heavy atom. The molecule has 0 aromatic heterocycles. The van der Waals surface area contributed by atoms with Gasteiger partial charge >= 0.3 is 5.97 Å². The van der Waals surface area contributed by atoms with E-state index in [-0.39, 0.29) is 51.5 Å². The van der Waals surface area contributed by atoms with Crippen LogP contribution in [0.2, 0.25) is 0 Å². The maximum absolute atomic E-state index is 14.9. The summed E-state index contributed by atoms with van der Waals surface area (Å²) in [6.45, 7) is 30.7. The van der Waals surface area contributed by atoms with Crippen molar-refractivity contribution in [1.82, 2.24) is 4.90 Å². The number of hydrogen-bond acceptors (Lipinski definition) is 4. The van der Waals surface area contributed by atoms with Gasteiger partial charge in [0.2, 0.25) is 0 Å². The Morgan fingerprint density at radius 1 is 0.721 bits per heavy atom. The van der Waals surface area contributed by atoms with Gasteiger partial charge in [0.15, 0.2) is 0 Å². The van der Waals surface area contributed by atoms with Gasteiger partial charge in [0.1, 0.15) is 6.61 Å². The van der Waals surface area contributed by atoms with E-state index in [0.717, 1.165) is 38.6 Å². The number of alkyl halides is 1. The Hall–Kier alpha value is -2.31. The third kappa shape index (κ3) is 11.7. The van der Waals surface area contributed by atoms with Gasteiger partial charge in [0.25, 0.3) is 0 Å². The first-order valence-corrected chi connectivity index (χ1v) is 27.1. The minimum absolute atomic E-state index is 0.0152. The maximum Gasteiger partial charge on any atom is 0.309 e. The molecule has 61 heavy (non-hydrogen) atoms. The molecule has 1 aliphatic rings. The van der Waals surface area contributed by atoms with Crippen LogP contribution in [0.1, 0.15) is 159 Å². The molecule has 1 heterocycles. The van der Waals surface area contributed by atoms with E-state index in [1.165, 1.54) is 39.3 Å². The zero-order chi connectivity index (χ0) is 45.7. The largest absolute Gasteiger partial charge is 0.463 e. The molecule has 344 valence electrons. The van der Waals surface area contributed by atoms with Gasteiger partial charge in [-0.25, -0.2) is 0 Å². The molecule has 0 amide bonds. The lowest BCUT2D eigenvalue weighted by atomic mass is 9.56. The third-order valence-corrected chi connectivity index (χ3v) is 24.0. The number of carbonyl (C=O) groups excluding carboxylic acids is 1. The van der Waals surface area contributed by atoms with Crippen molar-refractivity contribution in [3.05, 3.63) is 107 Å². The van der Waals surface area contributed by atoms with Crippen LogP contribution in [0.5, 0.6) is 0 Å². The highest BCUT2D eigenvalue weighted by Crippen LogP contribution is 2.97. The summed E-state index contributed by atoms with van der Waals surface area (Å²) in [5.41, 5.74) is 6.18. The first-order chi connectivity index (χ1) is 28.3. The lowest BCUT2D eigenvalue weighted by Gasteiger charge is -2.64. The summed E-state index contributed by atoms with van der Waals surface area (Å²) in [7, 11) is 3.36. The summed E-state index contributed by atoms with van der Waals surface area (Å²) in [6, 6.07) is 30.1. The van der Waals surface area contributed by atoms with E-state index >= 15 is 0 Å². The number of hydrogen-bond donors (Lipinski definition) is 1. The number of nitrogens with zero attached hydrogens (tertiary/aromatic N) is 1. The van der Waals surface area contributed by atoms with Crippen LogP contribution >= 0.6 is 20.8 Å². The number of esters is 1. The number of methoxy groups -OCH3 is 1. The predicted octanol–water partition coefficient (Wildman–Crippen LogP) is 14.7. The van der Waals surface area contributed by atoms with Crippen LogP contribution < -0.4 is 0 Å². The van der Waals surface area contributed by atoms with Crippen LogP contribution in [-0.2, 0) is 26.7 Å². The molecule has 5 unspecified atom stereocenters. The SMILES string of the molecule is CCC(C)(C)CC(c1ccc(CCl)cc1)[SH]1(C)(C(c2ccccc2)C(C)(C)C(C)(C)CC(C(=O)OCCOC)C(C)(CC)CC(c2ccc(CN(C)C)cc2)C(C)(C)C)CC1. The Labute approximate surface area is 380 Å². The molecule has 0 spiro atoms. The maximum atomic E-state index is 14.9. The molecule has 6 heteroatoms. The fourth-order valence-electron chi connectivity index (χ4n) is 11.0. The summed E-state index contributed by atoms with van der Waals surface area (Å²) in [6.07, 6.45) is 7.57. The molecule has 1 aliphatic heterocycles. The summed E-state index contributed by atoms with van der Waals surface area (Å²) < 4.78 is 11.6. The molecular weight excluding hydrogens is 790 g/mol. The molecule has 4 nitrogen and oxygen atoms in total. The zero-order valence-electron chi connectivity index (χ0n) is 41.6. The standard InChI is InChI=1S/C55H88ClNO3S/c1-17-52(6,7)38-48(44-30-24-41(39-56)25-31-44)61(16,34-35-61)49(45-22-20-19-21-23-45)54(10,11)53(8,9)36-47(50(58)60-33-32-59-15)55(12,18-2)37-46(51(3,4)5)43-28-26-42(27-29-43)40-57(13)14/h19-31,46-49,61H,17-18,32-40H2,1-16H3. The normalized spacial score (nSPS) is 19.2. The van der Waals surface area contributed by atoms with Crippen LogP contribution in [0, 0.1) is 33.0 Å². The van der Waals surface area contributed by atoms with Crippen molar-refractivity contribution >= 4 is 26.7 Å². The van der Waals surface area contributed by atoms with Crippen molar-refractivity contribution in [3.63, 3.8) is 0 Å². The number of thiol groups is 1. The van der Waals surface area contributed by atoms with Crippen LogP contribution in [-0.4, -0.2) is 63.0 Å². The van der Waals surface area contributed by atoms with Gasteiger partial charge in [-0.1, -0.05) is 168 Å². The summed E-state index contributed by atoms with van der Waals surface area (Å²) in [5.74, 6) is 2.95. The lowest BCUT2D eigenvalue weighted by Crippen LogP contribution is -2.47. The molecule has 0 saturated carbocycles. The lowest BCUT2D eigenvalue weighted by molar-refractivity contribution is -0.158. The van der Waals surface area contributed by atoms with Gasteiger partial charge in [-0.15, -0.1) is 11.6 Å². The fraction of sp³-hybridized carbons (Fsp3) is 0.655. The van der Waals surface area contributed by atoms with E-state index in [1.807, 2.05) is 0 Å². The number of rotatable bonds is 23. The zero-order valence-corrected chi connectivity index (χ0v) is 43.2. The minimum Gasteiger partial charge on any atom is -0.463 e. The highest BCUT2D eigenvalue weighted by Gasteiger charge is 2.66. The monoisotopic (exact) mass is 878 g/mol. The number of ether oxygens (including phenoxy) is 2. The van der Waals surface area contributed by atoms with Crippen LogP contribution in [0.4, 0.5) is 0 Å². The number of benzene rings is 3. The molecule has 1 saturated heterocycles. The van der Waals surface area contributed by atoms with Gasteiger partial charge in [0, 0.05) is 30.0 Å². The van der Waals surface area contributed by atoms with E-state index in [9.17, 15) is 4.79 Å². The van der Waals surface area contributed by atoms with Gasteiger partial charge < -0.3 is 14.4 Å². The van der Waals surface area contributed by atoms with Gasteiger partial charge in [-0.3, -0.25) is 14.0 Å². The van der Waals surface area contributed by atoms with Gasteiger partial charge in [0.05, 0.1) is 12.5 Å². The van der Waals surface area contributed by atoms with E-state index in [4.69, 9.17) is 21.1 Å². The molecule has 0 bridgehead atoms. The molecule has 3 aromatic carbocycles. The molecule has 4 rings (SSSR count). The van der Waals surface area contributed by atoms with Crippen LogP contribution in [0.25, 0.3) is 0 Å². The van der Waals surface area contributed by atoms with Gasteiger partial charge in [-0.05, 0) is 118 Å². The second kappa shape index (κ2) is 19.8. The van der Waals surface area contributed by atoms with Gasteiger partial charge in [-0.2, -0.15) is 0 Å². The van der Waals surface area contributed by atoms with E-state index in [1.54, 1.807) is 7.11 Å². The Kier molecular flexibility index (Phi) is 16.7. The highest BCUT2D eigenvalue weighted by atomic mass is 35.5. The van der Waals surface area contributed by atoms with Crippen LogP contribution in [0.3, 0.4) is 0 Å². The molecule has 5 atom stereocenters.